The summed E-state index contributed by atoms with van der Waals surface area (Å²) in [6.45, 7) is 0.388. The molecule has 0 saturated heterocycles. The molecule has 0 fully saturated rings. The third kappa shape index (κ3) is 5.87. The van der Waals surface area contributed by atoms with Gasteiger partial charge in [0.2, 0.25) is 0 Å². The van der Waals surface area contributed by atoms with Gasteiger partial charge < -0.3 is 19.3 Å². The zero-order chi connectivity index (χ0) is 16.4. The molecule has 0 radical (unpaired) electrons. The van der Waals surface area contributed by atoms with E-state index in [1.807, 2.05) is 0 Å². The molecule has 1 aromatic carbocycles. The number of carbonyl (C=O) groups excluding carboxylic acids is 2. The van der Waals surface area contributed by atoms with Gasteiger partial charge in [0.15, 0.2) is 0 Å². The highest BCUT2D eigenvalue weighted by atomic mass is 16.5. The normalized spacial score (nSPS) is 10.5. The molecule has 0 aliphatic carbocycles. The van der Waals surface area contributed by atoms with E-state index in [4.69, 9.17) is 4.74 Å². The number of benzene rings is 1. The lowest BCUT2D eigenvalue weighted by Crippen LogP contribution is -2.03. The Labute approximate surface area is 129 Å². The minimum absolute atomic E-state index is 0.00668. The maximum atomic E-state index is 11.1. The van der Waals surface area contributed by atoms with E-state index in [2.05, 4.69) is 9.47 Å². The van der Waals surface area contributed by atoms with E-state index in [0.717, 1.165) is 0 Å². The molecule has 0 aliphatic rings. The van der Waals surface area contributed by atoms with Crippen LogP contribution in [-0.2, 0) is 19.1 Å². The minimum atomic E-state index is -0.521. The Hall–Kier alpha value is -2.50. The Bertz CT molecular complexity index is 535. The van der Waals surface area contributed by atoms with Gasteiger partial charge in [-0.05, 0) is 31.1 Å². The van der Waals surface area contributed by atoms with Crippen LogP contribution in [0.1, 0.15) is 24.8 Å². The van der Waals surface area contributed by atoms with Crippen LogP contribution in [0.5, 0.6) is 11.5 Å². The van der Waals surface area contributed by atoms with Gasteiger partial charge in [-0.3, -0.25) is 4.79 Å². The number of phenolic OH excluding ortho intramolecular Hbond substituents is 1. The SMILES string of the molecule is COC(=O)C=Cc1c(O)cccc1OCCCCC(=O)OC. The molecule has 0 spiro atoms. The van der Waals surface area contributed by atoms with Gasteiger partial charge in [-0.25, -0.2) is 4.79 Å². The molecule has 0 aromatic heterocycles. The van der Waals surface area contributed by atoms with Crippen molar-refractivity contribution in [1.29, 1.82) is 0 Å². The van der Waals surface area contributed by atoms with Crippen LogP contribution in [0.2, 0.25) is 0 Å². The second kappa shape index (κ2) is 9.44. The van der Waals surface area contributed by atoms with Gasteiger partial charge >= 0.3 is 11.9 Å². The molecule has 0 heterocycles. The number of rotatable bonds is 8. The lowest BCUT2D eigenvalue weighted by Gasteiger charge is -2.10. The Morgan fingerprint density at radius 1 is 1.18 bits per heavy atom. The van der Waals surface area contributed by atoms with E-state index in [1.165, 1.54) is 32.4 Å². The van der Waals surface area contributed by atoms with Crippen LogP contribution < -0.4 is 4.74 Å². The average Bonchev–Trinajstić information content (AvgIpc) is 2.53. The van der Waals surface area contributed by atoms with Crippen molar-refractivity contribution in [2.24, 2.45) is 0 Å². The van der Waals surface area contributed by atoms with Crippen LogP contribution in [0.3, 0.4) is 0 Å². The number of hydrogen-bond donors (Lipinski definition) is 1. The highest BCUT2D eigenvalue weighted by molar-refractivity contribution is 5.88. The highest BCUT2D eigenvalue weighted by Crippen LogP contribution is 2.29. The summed E-state index contributed by atoms with van der Waals surface area (Å²) in [5, 5.41) is 9.84. The third-order valence-electron chi connectivity index (χ3n) is 2.89. The molecular weight excluding hydrogens is 288 g/mol. The van der Waals surface area contributed by atoms with Gasteiger partial charge in [0, 0.05) is 12.5 Å². The zero-order valence-electron chi connectivity index (χ0n) is 12.7. The summed E-state index contributed by atoms with van der Waals surface area (Å²) in [5.74, 6) is -0.309. The Morgan fingerprint density at radius 2 is 1.95 bits per heavy atom. The summed E-state index contributed by atoms with van der Waals surface area (Å²) in [5.41, 5.74) is 0.404. The van der Waals surface area contributed by atoms with Crippen molar-refractivity contribution in [2.75, 3.05) is 20.8 Å². The second-order valence-corrected chi connectivity index (χ2v) is 4.43. The van der Waals surface area contributed by atoms with Crippen LogP contribution in [-0.4, -0.2) is 37.9 Å². The van der Waals surface area contributed by atoms with Gasteiger partial charge in [0.05, 0.1) is 26.4 Å². The van der Waals surface area contributed by atoms with Crippen molar-refractivity contribution in [3.8, 4) is 11.5 Å². The maximum Gasteiger partial charge on any atom is 0.330 e. The van der Waals surface area contributed by atoms with Crippen molar-refractivity contribution < 1.29 is 28.9 Å². The zero-order valence-corrected chi connectivity index (χ0v) is 12.7. The number of hydrogen-bond acceptors (Lipinski definition) is 6. The summed E-state index contributed by atoms with van der Waals surface area (Å²) >= 11 is 0. The molecule has 22 heavy (non-hydrogen) atoms. The molecule has 0 unspecified atom stereocenters. The predicted octanol–water partition coefficient (Wildman–Crippen LogP) is 2.30. The van der Waals surface area contributed by atoms with E-state index in [9.17, 15) is 14.7 Å². The third-order valence-corrected chi connectivity index (χ3v) is 2.89. The van der Waals surface area contributed by atoms with Gasteiger partial charge in [-0.1, -0.05) is 6.07 Å². The van der Waals surface area contributed by atoms with E-state index >= 15 is 0 Å². The largest absolute Gasteiger partial charge is 0.507 e. The molecule has 0 bridgehead atoms. The maximum absolute atomic E-state index is 11.1. The standard InChI is InChI=1S/C16H20O6/c1-20-15(18)8-3-4-11-22-14-7-5-6-13(17)12(14)9-10-16(19)21-2/h5-7,9-10,17H,3-4,8,11H2,1-2H3. The van der Waals surface area contributed by atoms with Crippen LogP contribution in [0, 0.1) is 0 Å². The molecule has 0 saturated carbocycles. The van der Waals surface area contributed by atoms with Crippen molar-refractivity contribution in [3.63, 3.8) is 0 Å². The summed E-state index contributed by atoms with van der Waals surface area (Å²) in [7, 11) is 2.63. The van der Waals surface area contributed by atoms with Crippen molar-refractivity contribution >= 4 is 18.0 Å². The molecule has 1 aromatic rings. The van der Waals surface area contributed by atoms with Crippen LogP contribution >= 0.6 is 0 Å². The Morgan fingerprint density at radius 3 is 2.64 bits per heavy atom. The number of unbranched alkanes of at least 4 members (excludes halogenated alkanes) is 1. The molecule has 6 nitrogen and oxygen atoms in total. The number of phenols is 1. The molecule has 0 aliphatic heterocycles. The fraction of sp³-hybridized carbons (Fsp3) is 0.375. The Kier molecular flexibility index (Phi) is 7.53. The Balaban J connectivity index is 2.59. The average molecular weight is 308 g/mol. The van der Waals surface area contributed by atoms with Crippen molar-refractivity contribution in [3.05, 3.63) is 29.8 Å². The van der Waals surface area contributed by atoms with Crippen molar-refractivity contribution in [1.82, 2.24) is 0 Å². The minimum Gasteiger partial charge on any atom is -0.507 e. The predicted molar refractivity (Wildman–Crippen MR) is 80.5 cm³/mol. The van der Waals surface area contributed by atoms with Crippen LogP contribution in [0.25, 0.3) is 6.08 Å². The smallest absolute Gasteiger partial charge is 0.330 e. The quantitative estimate of drug-likeness (QED) is 0.451. The summed E-state index contributed by atoms with van der Waals surface area (Å²) in [6, 6.07) is 4.84. The molecule has 120 valence electrons. The lowest BCUT2D eigenvalue weighted by molar-refractivity contribution is -0.140. The van der Waals surface area contributed by atoms with Crippen LogP contribution in [0.15, 0.2) is 24.3 Å². The first-order chi connectivity index (χ1) is 10.6. The summed E-state index contributed by atoms with van der Waals surface area (Å²) in [4.78, 5) is 22.1. The van der Waals surface area contributed by atoms with E-state index in [-0.39, 0.29) is 11.7 Å². The topological polar surface area (TPSA) is 82.1 Å². The lowest BCUT2D eigenvalue weighted by atomic mass is 10.1. The monoisotopic (exact) mass is 308 g/mol. The number of esters is 2. The molecule has 6 heteroatoms. The molecule has 0 amide bonds. The van der Waals surface area contributed by atoms with Gasteiger partial charge in [0.1, 0.15) is 11.5 Å². The molecule has 1 rings (SSSR count). The molecule has 1 N–H and O–H groups in total. The first kappa shape index (κ1) is 17.6. The molecule has 0 atom stereocenters. The number of methoxy groups -OCH3 is 2. The number of aromatic hydroxyl groups is 1. The number of ether oxygens (including phenoxy) is 3. The first-order valence-electron chi connectivity index (χ1n) is 6.86. The fourth-order valence-electron chi connectivity index (χ4n) is 1.70. The summed E-state index contributed by atoms with van der Waals surface area (Å²) < 4.78 is 14.6. The van der Waals surface area contributed by atoms with E-state index < -0.39 is 5.97 Å². The van der Waals surface area contributed by atoms with Gasteiger partial charge in [-0.2, -0.15) is 0 Å². The van der Waals surface area contributed by atoms with Crippen LogP contribution in [0.4, 0.5) is 0 Å². The van der Waals surface area contributed by atoms with E-state index in [1.54, 1.807) is 12.1 Å². The molecular formula is C16H20O6. The summed E-state index contributed by atoms with van der Waals surface area (Å²) in [6.07, 6.45) is 4.31. The van der Waals surface area contributed by atoms with Gasteiger partial charge in [0.25, 0.3) is 0 Å². The fourth-order valence-corrected chi connectivity index (χ4v) is 1.70. The highest BCUT2D eigenvalue weighted by Gasteiger charge is 2.07. The van der Waals surface area contributed by atoms with Crippen molar-refractivity contribution in [2.45, 2.75) is 19.3 Å². The number of carbonyl (C=O) groups is 2. The van der Waals surface area contributed by atoms with Gasteiger partial charge in [-0.15, -0.1) is 0 Å². The second-order valence-electron chi connectivity index (χ2n) is 4.43. The van der Waals surface area contributed by atoms with E-state index in [0.29, 0.717) is 37.2 Å². The first-order valence-corrected chi connectivity index (χ1v) is 6.86.